The third-order valence-corrected chi connectivity index (χ3v) is 4.53. The number of aromatic hydroxyl groups is 1. The quantitative estimate of drug-likeness (QED) is 0.848. The Morgan fingerprint density at radius 3 is 3.00 bits per heavy atom. The molecule has 88 valence electrons. The van der Waals surface area contributed by atoms with Crippen LogP contribution in [-0.4, -0.2) is 22.2 Å². The van der Waals surface area contributed by atoms with Crippen molar-refractivity contribution in [2.75, 3.05) is 5.75 Å². The Morgan fingerprint density at radius 2 is 2.25 bits per heavy atom. The smallest absolute Gasteiger partial charge is 0.120 e. The van der Waals surface area contributed by atoms with Gasteiger partial charge >= 0.3 is 0 Å². The van der Waals surface area contributed by atoms with E-state index in [2.05, 4.69) is 12.2 Å². The SMILES string of the molecule is CC1SCCCC1NCc1ccccc1O. The standard InChI is InChI=1S/C13H19NOS/c1-10-12(6-4-8-16-10)14-9-11-5-2-3-7-13(11)15/h2-3,5,7,10,12,14-15H,4,6,8-9H2,1H3. The first kappa shape index (κ1) is 11.8. The summed E-state index contributed by atoms with van der Waals surface area (Å²) in [5.74, 6) is 1.68. The second kappa shape index (κ2) is 5.60. The lowest BCUT2D eigenvalue weighted by atomic mass is 10.1. The zero-order valence-electron chi connectivity index (χ0n) is 9.65. The van der Waals surface area contributed by atoms with Crippen molar-refractivity contribution < 1.29 is 5.11 Å². The van der Waals surface area contributed by atoms with Gasteiger partial charge in [0, 0.05) is 23.4 Å². The number of phenols is 1. The van der Waals surface area contributed by atoms with Gasteiger partial charge in [0.1, 0.15) is 5.75 Å². The van der Waals surface area contributed by atoms with Crippen LogP contribution in [0, 0.1) is 0 Å². The molecule has 16 heavy (non-hydrogen) atoms. The van der Waals surface area contributed by atoms with Crippen LogP contribution < -0.4 is 5.32 Å². The molecule has 0 amide bonds. The van der Waals surface area contributed by atoms with E-state index in [1.807, 2.05) is 30.0 Å². The molecule has 0 aliphatic carbocycles. The summed E-state index contributed by atoms with van der Waals surface area (Å²) in [5, 5.41) is 13.9. The molecule has 0 saturated carbocycles. The zero-order chi connectivity index (χ0) is 11.4. The summed E-state index contributed by atoms with van der Waals surface area (Å²) >= 11 is 2.04. The topological polar surface area (TPSA) is 32.3 Å². The first-order valence-electron chi connectivity index (χ1n) is 5.89. The highest BCUT2D eigenvalue weighted by Gasteiger charge is 2.21. The molecule has 0 aromatic heterocycles. The highest BCUT2D eigenvalue weighted by molar-refractivity contribution is 7.99. The monoisotopic (exact) mass is 237 g/mol. The summed E-state index contributed by atoms with van der Waals surface area (Å²) in [4.78, 5) is 0. The van der Waals surface area contributed by atoms with E-state index in [1.165, 1.54) is 18.6 Å². The molecule has 2 atom stereocenters. The first-order chi connectivity index (χ1) is 7.77. The van der Waals surface area contributed by atoms with Gasteiger partial charge in [0.05, 0.1) is 0 Å². The normalized spacial score (nSPS) is 25.6. The van der Waals surface area contributed by atoms with Gasteiger partial charge in [-0.25, -0.2) is 0 Å². The van der Waals surface area contributed by atoms with Gasteiger partial charge in [0.15, 0.2) is 0 Å². The Labute approximate surface area is 101 Å². The van der Waals surface area contributed by atoms with E-state index in [0.29, 0.717) is 17.0 Å². The fourth-order valence-corrected chi connectivity index (χ4v) is 3.26. The van der Waals surface area contributed by atoms with E-state index in [9.17, 15) is 5.11 Å². The van der Waals surface area contributed by atoms with Crippen molar-refractivity contribution in [1.29, 1.82) is 0 Å². The van der Waals surface area contributed by atoms with Crippen molar-refractivity contribution >= 4 is 11.8 Å². The van der Waals surface area contributed by atoms with Gasteiger partial charge in [-0.15, -0.1) is 0 Å². The third-order valence-electron chi connectivity index (χ3n) is 3.15. The van der Waals surface area contributed by atoms with Gasteiger partial charge in [0.2, 0.25) is 0 Å². The molecule has 1 aromatic carbocycles. The summed E-state index contributed by atoms with van der Waals surface area (Å²) in [5.41, 5.74) is 0.991. The minimum Gasteiger partial charge on any atom is -0.508 e. The third kappa shape index (κ3) is 2.92. The van der Waals surface area contributed by atoms with Crippen LogP contribution in [0.4, 0.5) is 0 Å². The van der Waals surface area contributed by atoms with Crippen molar-refractivity contribution in [2.45, 2.75) is 37.6 Å². The molecule has 0 radical (unpaired) electrons. The van der Waals surface area contributed by atoms with Gasteiger partial charge in [-0.1, -0.05) is 25.1 Å². The number of hydrogen-bond acceptors (Lipinski definition) is 3. The van der Waals surface area contributed by atoms with E-state index in [4.69, 9.17) is 0 Å². The van der Waals surface area contributed by atoms with Crippen LogP contribution >= 0.6 is 11.8 Å². The van der Waals surface area contributed by atoms with Crippen LogP contribution in [0.2, 0.25) is 0 Å². The molecule has 1 heterocycles. The number of hydrogen-bond donors (Lipinski definition) is 2. The Kier molecular flexibility index (Phi) is 4.13. The molecule has 0 spiro atoms. The molecular weight excluding hydrogens is 218 g/mol. The molecule has 0 bridgehead atoms. The average molecular weight is 237 g/mol. The number of nitrogens with one attached hydrogen (secondary N) is 1. The van der Waals surface area contributed by atoms with Crippen molar-refractivity contribution in [3.63, 3.8) is 0 Å². The Hall–Kier alpha value is -0.670. The lowest BCUT2D eigenvalue weighted by Crippen LogP contribution is -2.38. The van der Waals surface area contributed by atoms with E-state index in [-0.39, 0.29) is 0 Å². The predicted molar refractivity (Wildman–Crippen MR) is 69.9 cm³/mol. The number of benzene rings is 1. The van der Waals surface area contributed by atoms with E-state index < -0.39 is 0 Å². The van der Waals surface area contributed by atoms with Crippen molar-refractivity contribution in [2.24, 2.45) is 0 Å². The van der Waals surface area contributed by atoms with Crippen LogP contribution in [0.1, 0.15) is 25.3 Å². The second-order valence-electron chi connectivity index (χ2n) is 4.33. The van der Waals surface area contributed by atoms with Gasteiger partial charge in [-0.05, 0) is 24.7 Å². The number of rotatable bonds is 3. The van der Waals surface area contributed by atoms with Gasteiger partial charge < -0.3 is 10.4 Å². The minimum atomic E-state index is 0.395. The molecule has 1 aliphatic rings. The van der Waals surface area contributed by atoms with Crippen molar-refractivity contribution in [3.8, 4) is 5.75 Å². The zero-order valence-corrected chi connectivity index (χ0v) is 10.5. The predicted octanol–water partition coefficient (Wildman–Crippen LogP) is 2.77. The highest BCUT2D eigenvalue weighted by atomic mass is 32.2. The number of phenolic OH excluding ortho intramolecular Hbond substituents is 1. The van der Waals surface area contributed by atoms with Crippen molar-refractivity contribution in [1.82, 2.24) is 5.32 Å². The lowest BCUT2D eigenvalue weighted by molar-refractivity contribution is 0.439. The Morgan fingerprint density at radius 1 is 1.44 bits per heavy atom. The van der Waals surface area contributed by atoms with Crippen LogP contribution in [0.3, 0.4) is 0 Å². The van der Waals surface area contributed by atoms with E-state index in [1.54, 1.807) is 6.07 Å². The van der Waals surface area contributed by atoms with E-state index in [0.717, 1.165) is 12.1 Å². The molecule has 2 rings (SSSR count). The maximum absolute atomic E-state index is 9.66. The van der Waals surface area contributed by atoms with Crippen LogP contribution in [0.5, 0.6) is 5.75 Å². The number of thioether (sulfide) groups is 1. The molecule has 1 saturated heterocycles. The molecule has 1 aliphatic heterocycles. The first-order valence-corrected chi connectivity index (χ1v) is 6.94. The Balaban J connectivity index is 1.89. The molecular formula is C13H19NOS. The summed E-state index contributed by atoms with van der Waals surface area (Å²) in [6.45, 7) is 3.05. The minimum absolute atomic E-state index is 0.395. The van der Waals surface area contributed by atoms with Gasteiger partial charge in [-0.2, -0.15) is 11.8 Å². The fraction of sp³-hybridized carbons (Fsp3) is 0.538. The summed E-state index contributed by atoms with van der Waals surface area (Å²) in [7, 11) is 0. The van der Waals surface area contributed by atoms with E-state index >= 15 is 0 Å². The molecule has 1 aromatic rings. The molecule has 2 nitrogen and oxygen atoms in total. The molecule has 2 N–H and O–H groups in total. The molecule has 3 heteroatoms. The maximum Gasteiger partial charge on any atom is 0.120 e. The molecule has 1 fully saturated rings. The summed E-state index contributed by atoms with van der Waals surface area (Å²) in [6.07, 6.45) is 2.55. The fourth-order valence-electron chi connectivity index (χ4n) is 2.09. The lowest BCUT2D eigenvalue weighted by Gasteiger charge is -2.29. The van der Waals surface area contributed by atoms with Crippen molar-refractivity contribution in [3.05, 3.63) is 29.8 Å². The van der Waals surface area contributed by atoms with Crippen LogP contribution in [0.15, 0.2) is 24.3 Å². The summed E-state index contributed by atoms with van der Waals surface area (Å²) in [6, 6.07) is 8.13. The van der Waals surface area contributed by atoms with Gasteiger partial charge in [-0.3, -0.25) is 0 Å². The highest BCUT2D eigenvalue weighted by Crippen LogP contribution is 2.25. The number of para-hydroxylation sites is 1. The molecule has 2 unspecified atom stereocenters. The van der Waals surface area contributed by atoms with Crippen LogP contribution in [0.25, 0.3) is 0 Å². The van der Waals surface area contributed by atoms with Crippen LogP contribution in [-0.2, 0) is 6.54 Å². The maximum atomic E-state index is 9.66. The summed E-state index contributed by atoms with van der Waals surface area (Å²) < 4.78 is 0. The second-order valence-corrected chi connectivity index (χ2v) is 5.82. The van der Waals surface area contributed by atoms with Gasteiger partial charge in [0.25, 0.3) is 0 Å². The average Bonchev–Trinajstić information content (AvgIpc) is 2.30. The Bertz CT molecular complexity index is 342. The largest absolute Gasteiger partial charge is 0.508 e.